The summed E-state index contributed by atoms with van der Waals surface area (Å²) in [5, 5.41) is 20.0. The second-order valence-corrected chi connectivity index (χ2v) is 10.4. The number of aryl methyl sites for hydroxylation is 3. The topological polar surface area (TPSA) is 108 Å². The lowest BCUT2D eigenvalue weighted by Crippen LogP contribution is -2.46. The molecule has 0 aromatic heterocycles. The summed E-state index contributed by atoms with van der Waals surface area (Å²) in [6, 6.07) is 13.5. The number of carboxylic acids is 1. The molecule has 0 radical (unpaired) electrons. The van der Waals surface area contributed by atoms with Crippen molar-refractivity contribution in [3.8, 4) is 0 Å². The third-order valence-corrected chi connectivity index (χ3v) is 7.35. The minimum Gasteiger partial charge on any atom is -0.480 e. The first-order chi connectivity index (χ1) is 17.6. The standard InChI is InChI=1S/C30H35N3O4/c1-17-12-18(2)26(19(3)13-17)33-30(37)31-25-16-23-11-6-5-10-22(23)15-24(25)28(34)32-27(29(35)36)20(4)14-21-8-7-9-21/h5-6,10-13,15-16,20-21,27H,7-9,14H2,1-4H3,(H,32,34)(H,35,36)(H2,31,33,37)/t20-,27-/m0/s1. The molecule has 1 aliphatic rings. The Morgan fingerprint density at radius 3 is 2.14 bits per heavy atom. The molecule has 4 rings (SSSR count). The zero-order valence-corrected chi connectivity index (χ0v) is 21.9. The number of carbonyl (C=O) groups is 3. The van der Waals surface area contributed by atoms with Gasteiger partial charge in [0, 0.05) is 5.69 Å². The Morgan fingerprint density at radius 2 is 1.57 bits per heavy atom. The number of aliphatic carboxylic acids is 1. The van der Waals surface area contributed by atoms with E-state index in [1.165, 1.54) is 6.42 Å². The number of carboxylic acid groups (broad SMARTS) is 1. The molecule has 1 fully saturated rings. The molecule has 2 atom stereocenters. The van der Waals surface area contributed by atoms with Gasteiger partial charge in [0.15, 0.2) is 0 Å². The van der Waals surface area contributed by atoms with Gasteiger partial charge in [-0.25, -0.2) is 9.59 Å². The normalized spacial score (nSPS) is 14.9. The Labute approximate surface area is 217 Å². The fraction of sp³-hybridized carbons (Fsp3) is 0.367. The minimum absolute atomic E-state index is 0.209. The quantitative estimate of drug-likeness (QED) is 0.286. The van der Waals surface area contributed by atoms with Crippen LogP contribution >= 0.6 is 0 Å². The van der Waals surface area contributed by atoms with Gasteiger partial charge in [0.25, 0.3) is 5.91 Å². The number of rotatable bonds is 8. The van der Waals surface area contributed by atoms with Crippen LogP contribution in [0.2, 0.25) is 0 Å². The van der Waals surface area contributed by atoms with E-state index >= 15 is 0 Å². The Morgan fingerprint density at radius 1 is 0.946 bits per heavy atom. The molecule has 3 aromatic carbocycles. The number of carbonyl (C=O) groups excluding carboxylic acids is 2. The van der Waals surface area contributed by atoms with Gasteiger partial charge in [-0.1, -0.05) is 68.1 Å². The molecule has 0 saturated heterocycles. The predicted octanol–water partition coefficient (Wildman–Crippen LogP) is 6.42. The number of amides is 3. The summed E-state index contributed by atoms with van der Waals surface area (Å²) in [6.45, 7) is 7.74. The molecule has 0 bridgehead atoms. The van der Waals surface area contributed by atoms with E-state index in [1.54, 1.807) is 12.1 Å². The highest BCUT2D eigenvalue weighted by atomic mass is 16.4. The molecule has 3 aromatic rings. The van der Waals surface area contributed by atoms with Crippen molar-refractivity contribution in [1.82, 2.24) is 5.32 Å². The van der Waals surface area contributed by atoms with Crippen LogP contribution in [0, 0.1) is 32.6 Å². The maximum Gasteiger partial charge on any atom is 0.326 e. The maximum absolute atomic E-state index is 13.4. The predicted molar refractivity (Wildman–Crippen MR) is 147 cm³/mol. The van der Waals surface area contributed by atoms with E-state index in [2.05, 4.69) is 16.0 Å². The average Bonchev–Trinajstić information content (AvgIpc) is 2.81. The Balaban J connectivity index is 1.60. The molecule has 0 spiro atoms. The first-order valence-electron chi connectivity index (χ1n) is 12.8. The summed E-state index contributed by atoms with van der Waals surface area (Å²) in [4.78, 5) is 38.5. The van der Waals surface area contributed by atoms with Crippen LogP contribution in [0.3, 0.4) is 0 Å². The van der Waals surface area contributed by atoms with Crippen molar-refractivity contribution in [2.24, 2.45) is 11.8 Å². The van der Waals surface area contributed by atoms with Gasteiger partial charge in [0.2, 0.25) is 0 Å². The minimum atomic E-state index is -1.06. The van der Waals surface area contributed by atoms with Crippen LogP contribution in [-0.2, 0) is 4.79 Å². The van der Waals surface area contributed by atoms with Crippen molar-refractivity contribution in [2.75, 3.05) is 10.6 Å². The fourth-order valence-electron chi connectivity index (χ4n) is 5.23. The largest absolute Gasteiger partial charge is 0.480 e. The molecule has 37 heavy (non-hydrogen) atoms. The van der Waals surface area contributed by atoms with Gasteiger partial charge in [0.1, 0.15) is 6.04 Å². The average molecular weight is 502 g/mol. The molecule has 0 heterocycles. The van der Waals surface area contributed by atoms with E-state index < -0.39 is 23.9 Å². The number of fused-ring (bicyclic) bond motifs is 1. The fourth-order valence-corrected chi connectivity index (χ4v) is 5.23. The van der Waals surface area contributed by atoms with Crippen LogP contribution in [-0.4, -0.2) is 29.1 Å². The molecule has 0 unspecified atom stereocenters. The van der Waals surface area contributed by atoms with Crippen molar-refractivity contribution in [2.45, 2.75) is 59.4 Å². The van der Waals surface area contributed by atoms with Gasteiger partial charge in [0.05, 0.1) is 11.3 Å². The third-order valence-electron chi connectivity index (χ3n) is 7.35. The lowest BCUT2D eigenvalue weighted by atomic mass is 9.77. The number of benzene rings is 3. The van der Waals surface area contributed by atoms with E-state index in [0.29, 0.717) is 17.3 Å². The van der Waals surface area contributed by atoms with Crippen LogP contribution < -0.4 is 16.0 Å². The summed E-state index contributed by atoms with van der Waals surface area (Å²) in [5.74, 6) is -1.28. The molecule has 194 valence electrons. The molecule has 1 saturated carbocycles. The van der Waals surface area contributed by atoms with E-state index in [4.69, 9.17) is 0 Å². The Hall–Kier alpha value is -3.87. The summed E-state index contributed by atoms with van der Waals surface area (Å²) in [5.41, 5.74) is 4.22. The third kappa shape index (κ3) is 6.10. The van der Waals surface area contributed by atoms with Crippen LogP contribution in [0.4, 0.5) is 16.2 Å². The highest BCUT2D eigenvalue weighted by Gasteiger charge is 2.31. The zero-order chi connectivity index (χ0) is 26.7. The van der Waals surface area contributed by atoms with Crippen molar-refractivity contribution in [3.05, 3.63) is 70.8 Å². The highest BCUT2D eigenvalue weighted by molar-refractivity contribution is 6.10. The van der Waals surface area contributed by atoms with Gasteiger partial charge in [-0.2, -0.15) is 0 Å². The van der Waals surface area contributed by atoms with E-state index in [-0.39, 0.29) is 11.5 Å². The van der Waals surface area contributed by atoms with E-state index in [0.717, 1.165) is 46.7 Å². The van der Waals surface area contributed by atoms with Crippen molar-refractivity contribution in [3.63, 3.8) is 0 Å². The van der Waals surface area contributed by atoms with Crippen LogP contribution in [0.1, 0.15) is 59.7 Å². The zero-order valence-electron chi connectivity index (χ0n) is 21.9. The van der Waals surface area contributed by atoms with Gasteiger partial charge >= 0.3 is 12.0 Å². The second-order valence-electron chi connectivity index (χ2n) is 10.4. The SMILES string of the molecule is Cc1cc(C)c(NC(=O)Nc2cc3ccccc3cc2C(=O)N[C@H](C(=O)O)[C@@H](C)CC2CCC2)c(C)c1. The highest BCUT2D eigenvalue weighted by Crippen LogP contribution is 2.33. The number of hydrogen-bond acceptors (Lipinski definition) is 3. The van der Waals surface area contributed by atoms with Crippen LogP contribution in [0.25, 0.3) is 10.8 Å². The summed E-state index contributed by atoms with van der Waals surface area (Å²) >= 11 is 0. The number of urea groups is 1. The molecular weight excluding hydrogens is 466 g/mol. The van der Waals surface area contributed by atoms with Gasteiger partial charge in [-0.05, 0) is 73.1 Å². The molecule has 4 N–H and O–H groups in total. The molecular formula is C30H35N3O4. The second kappa shape index (κ2) is 11.0. The van der Waals surface area contributed by atoms with Crippen LogP contribution in [0.15, 0.2) is 48.5 Å². The van der Waals surface area contributed by atoms with Crippen molar-refractivity contribution < 1.29 is 19.5 Å². The number of anilines is 2. The van der Waals surface area contributed by atoms with Crippen molar-refractivity contribution >= 4 is 40.1 Å². The molecule has 1 aliphatic carbocycles. The van der Waals surface area contributed by atoms with E-state index in [1.807, 2.05) is 64.1 Å². The summed E-state index contributed by atoms with van der Waals surface area (Å²) < 4.78 is 0. The lowest BCUT2D eigenvalue weighted by Gasteiger charge is -2.31. The molecule has 3 amide bonds. The Bertz CT molecular complexity index is 1320. The lowest BCUT2D eigenvalue weighted by molar-refractivity contribution is -0.140. The Kier molecular flexibility index (Phi) is 7.81. The first kappa shape index (κ1) is 26.2. The molecule has 7 heteroatoms. The van der Waals surface area contributed by atoms with Gasteiger partial charge < -0.3 is 21.1 Å². The molecule has 0 aliphatic heterocycles. The first-order valence-corrected chi connectivity index (χ1v) is 12.8. The monoisotopic (exact) mass is 501 g/mol. The summed E-state index contributed by atoms with van der Waals surface area (Å²) in [7, 11) is 0. The van der Waals surface area contributed by atoms with Crippen molar-refractivity contribution in [1.29, 1.82) is 0 Å². The van der Waals surface area contributed by atoms with E-state index in [9.17, 15) is 19.5 Å². The van der Waals surface area contributed by atoms with Crippen LogP contribution in [0.5, 0.6) is 0 Å². The van der Waals surface area contributed by atoms with Gasteiger partial charge in [-0.3, -0.25) is 4.79 Å². The number of nitrogens with one attached hydrogen (secondary N) is 3. The molecule has 7 nitrogen and oxygen atoms in total. The number of hydrogen-bond donors (Lipinski definition) is 4. The summed E-state index contributed by atoms with van der Waals surface area (Å²) in [6.07, 6.45) is 4.16. The maximum atomic E-state index is 13.4. The smallest absolute Gasteiger partial charge is 0.326 e. The van der Waals surface area contributed by atoms with Gasteiger partial charge in [-0.15, -0.1) is 0 Å².